The molecule has 0 aliphatic carbocycles. The molecule has 0 aromatic carbocycles. The molecule has 0 bridgehead atoms. The number of aromatic nitrogens is 1. The number of hydrogen-bond donors (Lipinski definition) is 1. The van der Waals surface area contributed by atoms with Crippen LogP contribution in [0.3, 0.4) is 0 Å². The highest BCUT2D eigenvalue weighted by Crippen LogP contribution is 2.04. The number of nitrogens with zero attached hydrogens (tertiary/aromatic N) is 2. The van der Waals surface area contributed by atoms with Crippen molar-refractivity contribution < 1.29 is 0 Å². The van der Waals surface area contributed by atoms with Gasteiger partial charge in [-0.25, -0.2) is 0 Å². The summed E-state index contributed by atoms with van der Waals surface area (Å²) in [5, 5.41) is 3.57. The van der Waals surface area contributed by atoms with Crippen LogP contribution >= 0.6 is 0 Å². The second-order valence-electron chi connectivity index (χ2n) is 6.60. The second kappa shape index (κ2) is 7.61. The predicted molar refractivity (Wildman–Crippen MR) is 82.4 cm³/mol. The summed E-state index contributed by atoms with van der Waals surface area (Å²) in [6, 6.07) is 4.19. The molecule has 1 unspecified atom stereocenters. The van der Waals surface area contributed by atoms with E-state index in [1.807, 2.05) is 12.4 Å². The van der Waals surface area contributed by atoms with Gasteiger partial charge < -0.3 is 10.2 Å². The van der Waals surface area contributed by atoms with Crippen LogP contribution in [0.4, 0.5) is 0 Å². The molecule has 1 heterocycles. The van der Waals surface area contributed by atoms with Crippen molar-refractivity contribution >= 4 is 0 Å². The van der Waals surface area contributed by atoms with Crippen LogP contribution in [-0.2, 0) is 6.42 Å². The van der Waals surface area contributed by atoms with Gasteiger partial charge in [0.25, 0.3) is 0 Å². The van der Waals surface area contributed by atoms with Crippen molar-refractivity contribution in [3.63, 3.8) is 0 Å². The number of hydrogen-bond acceptors (Lipinski definition) is 3. The Bertz CT molecular complexity index is 343. The van der Waals surface area contributed by atoms with Crippen LogP contribution in [0, 0.1) is 5.92 Å². The van der Waals surface area contributed by atoms with E-state index >= 15 is 0 Å². The summed E-state index contributed by atoms with van der Waals surface area (Å²) in [4.78, 5) is 6.46. The van der Waals surface area contributed by atoms with Gasteiger partial charge in [-0.2, -0.15) is 0 Å². The van der Waals surface area contributed by atoms with E-state index in [-0.39, 0.29) is 5.54 Å². The first-order valence-corrected chi connectivity index (χ1v) is 7.19. The highest BCUT2D eigenvalue weighted by Gasteiger charge is 2.12. The van der Waals surface area contributed by atoms with Gasteiger partial charge in [-0.05, 0) is 64.4 Å². The highest BCUT2D eigenvalue weighted by molar-refractivity contribution is 5.09. The largest absolute Gasteiger partial charge is 0.312 e. The van der Waals surface area contributed by atoms with Crippen LogP contribution in [0.15, 0.2) is 24.5 Å². The van der Waals surface area contributed by atoms with Crippen LogP contribution in [0.1, 0.15) is 33.3 Å². The van der Waals surface area contributed by atoms with Crippen molar-refractivity contribution in [3.8, 4) is 0 Å². The van der Waals surface area contributed by atoms with Gasteiger partial charge in [0.15, 0.2) is 0 Å². The first-order chi connectivity index (χ1) is 8.87. The molecule has 1 N–H and O–H groups in total. The molecule has 0 radical (unpaired) electrons. The molecule has 0 amide bonds. The fourth-order valence-electron chi connectivity index (χ4n) is 2.04. The van der Waals surface area contributed by atoms with Crippen molar-refractivity contribution in [2.45, 2.75) is 39.7 Å². The zero-order valence-electron chi connectivity index (χ0n) is 13.1. The molecular formula is C16H29N3. The van der Waals surface area contributed by atoms with E-state index in [1.165, 1.54) is 5.56 Å². The number of rotatable bonds is 7. The third kappa shape index (κ3) is 7.96. The van der Waals surface area contributed by atoms with Gasteiger partial charge in [-0.15, -0.1) is 0 Å². The Morgan fingerprint density at radius 2 is 1.89 bits per heavy atom. The zero-order chi connectivity index (χ0) is 14.3. The molecule has 1 atom stereocenters. The summed E-state index contributed by atoms with van der Waals surface area (Å²) in [7, 11) is 2.20. The van der Waals surface area contributed by atoms with Gasteiger partial charge in [0.05, 0.1) is 0 Å². The van der Waals surface area contributed by atoms with Crippen LogP contribution in [0.25, 0.3) is 0 Å². The molecule has 1 aromatic rings. The molecule has 1 aromatic heterocycles. The van der Waals surface area contributed by atoms with Crippen molar-refractivity contribution in [2.75, 3.05) is 26.7 Å². The number of pyridine rings is 1. The molecule has 0 fully saturated rings. The normalized spacial score (nSPS) is 13.8. The molecule has 0 spiro atoms. The maximum absolute atomic E-state index is 4.05. The molecule has 108 valence electrons. The fraction of sp³-hybridized carbons (Fsp3) is 0.688. The van der Waals surface area contributed by atoms with E-state index in [2.05, 4.69) is 62.1 Å². The smallest absolute Gasteiger partial charge is 0.0270 e. The van der Waals surface area contributed by atoms with Gasteiger partial charge >= 0.3 is 0 Å². The van der Waals surface area contributed by atoms with Crippen LogP contribution < -0.4 is 5.32 Å². The quantitative estimate of drug-likeness (QED) is 0.819. The lowest BCUT2D eigenvalue weighted by molar-refractivity contribution is 0.270. The lowest BCUT2D eigenvalue weighted by atomic mass is 10.1. The third-order valence-corrected chi connectivity index (χ3v) is 3.14. The first kappa shape index (κ1) is 16.1. The molecular weight excluding hydrogens is 234 g/mol. The minimum atomic E-state index is 0.212. The molecule has 0 aliphatic rings. The predicted octanol–water partition coefficient (Wildman–Crippen LogP) is 2.58. The van der Waals surface area contributed by atoms with Gasteiger partial charge in [-0.3, -0.25) is 4.98 Å². The third-order valence-electron chi connectivity index (χ3n) is 3.14. The fourth-order valence-corrected chi connectivity index (χ4v) is 2.04. The second-order valence-corrected chi connectivity index (χ2v) is 6.60. The van der Waals surface area contributed by atoms with Gasteiger partial charge in [0, 0.05) is 31.0 Å². The molecule has 0 saturated carbocycles. The summed E-state index contributed by atoms with van der Waals surface area (Å²) in [5.41, 5.74) is 1.58. The maximum atomic E-state index is 4.05. The topological polar surface area (TPSA) is 28.2 Å². The first-order valence-electron chi connectivity index (χ1n) is 7.19. The Morgan fingerprint density at radius 3 is 2.47 bits per heavy atom. The molecule has 1 rings (SSSR count). The Labute approximate surface area is 118 Å². The summed E-state index contributed by atoms with van der Waals surface area (Å²) >= 11 is 0. The highest BCUT2D eigenvalue weighted by atomic mass is 15.1. The lowest BCUT2D eigenvalue weighted by Crippen LogP contribution is -2.41. The Kier molecular flexibility index (Phi) is 6.46. The van der Waals surface area contributed by atoms with E-state index in [9.17, 15) is 0 Å². The maximum Gasteiger partial charge on any atom is 0.0270 e. The summed E-state index contributed by atoms with van der Waals surface area (Å²) in [6.45, 7) is 12.3. The van der Waals surface area contributed by atoms with Crippen molar-refractivity contribution in [2.24, 2.45) is 5.92 Å². The number of nitrogens with one attached hydrogen (secondary N) is 1. The van der Waals surface area contributed by atoms with Gasteiger partial charge in [0.1, 0.15) is 0 Å². The Balaban J connectivity index is 2.21. The lowest BCUT2D eigenvalue weighted by Gasteiger charge is -2.26. The molecule has 19 heavy (non-hydrogen) atoms. The SMILES string of the molecule is CC(CNC(C)(C)C)CN(C)CCc1ccncc1. The monoisotopic (exact) mass is 263 g/mol. The van der Waals surface area contributed by atoms with Crippen LogP contribution in [0.2, 0.25) is 0 Å². The van der Waals surface area contributed by atoms with E-state index in [0.29, 0.717) is 5.92 Å². The molecule has 0 aliphatic heterocycles. The average Bonchev–Trinajstić information content (AvgIpc) is 2.34. The van der Waals surface area contributed by atoms with Gasteiger partial charge in [0.2, 0.25) is 0 Å². The number of likely N-dealkylation sites (N-methyl/N-ethyl adjacent to an activating group) is 1. The van der Waals surface area contributed by atoms with E-state index in [4.69, 9.17) is 0 Å². The van der Waals surface area contributed by atoms with Crippen molar-refractivity contribution in [1.82, 2.24) is 15.2 Å². The Morgan fingerprint density at radius 1 is 1.26 bits per heavy atom. The summed E-state index contributed by atoms with van der Waals surface area (Å²) < 4.78 is 0. The zero-order valence-corrected chi connectivity index (χ0v) is 13.1. The molecule has 0 saturated heterocycles. The van der Waals surface area contributed by atoms with Gasteiger partial charge in [-0.1, -0.05) is 6.92 Å². The minimum Gasteiger partial charge on any atom is -0.312 e. The van der Waals surface area contributed by atoms with E-state index in [1.54, 1.807) is 0 Å². The molecule has 3 heteroatoms. The minimum absolute atomic E-state index is 0.212. The van der Waals surface area contributed by atoms with Crippen molar-refractivity contribution in [3.05, 3.63) is 30.1 Å². The van der Waals surface area contributed by atoms with Crippen LogP contribution in [-0.4, -0.2) is 42.1 Å². The standard InChI is InChI=1S/C16H29N3/c1-14(12-18-16(2,3)4)13-19(5)11-8-15-6-9-17-10-7-15/h6-7,9-10,14,18H,8,11-13H2,1-5H3. The average molecular weight is 263 g/mol. The van der Waals surface area contributed by atoms with Crippen molar-refractivity contribution in [1.29, 1.82) is 0 Å². The van der Waals surface area contributed by atoms with E-state index in [0.717, 1.165) is 26.1 Å². The van der Waals surface area contributed by atoms with Crippen LogP contribution in [0.5, 0.6) is 0 Å². The summed E-state index contributed by atoms with van der Waals surface area (Å²) in [5.74, 6) is 0.668. The summed E-state index contributed by atoms with van der Waals surface area (Å²) in [6.07, 6.45) is 4.83. The van der Waals surface area contributed by atoms with E-state index < -0.39 is 0 Å². The molecule has 3 nitrogen and oxygen atoms in total. The Hall–Kier alpha value is -0.930.